The standard InChI is InChI=1S/C20H19F3N2OS/c1-12-6-7-17-14(10-12)16-11-13(24-19(26)20(21,22)23)8-9-25(16)15-4-2-3-5-18(15)27-17/h2-7,10,13,16H,8-9,11H2,1H3,(H,24,26)/t13-,16-/m0/s1. The quantitative estimate of drug-likeness (QED) is 0.753. The number of amides is 1. The van der Waals surface area contributed by atoms with E-state index in [1.165, 1.54) is 0 Å². The van der Waals surface area contributed by atoms with Crippen LogP contribution in [0.15, 0.2) is 52.3 Å². The molecular weight excluding hydrogens is 373 g/mol. The number of alkyl halides is 3. The van der Waals surface area contributed by atoms with Crippen molar-refractivity contribution in [2.75, 3.05) is 11.4 Å². The van der Waals surface area contributed by atoms with Crippen molar-refractivity contribution in [3.8, 4) is 0 Å². The Morgan fingerprint density at radius 1 is 1.19 bits per heavy atom. The zero-order chi connectivity index (χ0) is 19.2. The first kappa shape index (κ1) is 18.2. The van der Waals surface area contributed by atoms with Gasteiger partial charge in [-0.2, -0.15) is 13.2 Å². The van der Waals surface area contributed by atoms with Crippen molar-refractivity contribution in [3.05, 3.63) is 53.6 Å². The van der Waals surface area contributed by atoms with E-state index in [1.807, 2.05) is 19.1 Å². The summed E-state index contributed by atoms with van der Waals surface area (Å²) >= 11 is 1.69. The van der Waals surface area contributed by atoms with Crippen molar-refractivity contribution in [2.24, 2.45) is 0 Å². The van der Waals surface area contributed by atoms with Crippen LogP contribution in [0.5, 0.6) is 0 Å². The van der Waals surface area contributed by atoms with Gasteiger partial charge in [0, 0.05) is 22.4 Å². The fourth-order valence-corrected chi connectivity index (χ4v) is 4.99. The van der Waals surface area contributed by atoms with Crippen molar-refractivity contribution in [3.63, 3.8) is 0 Å². The summed E-state index contributed by atoms with van der Waals surface area (Å²) in [6.07, 6.45) is -3.91. The predicted molar refractivity (Wildman–Crippen MR) is 99.1 cm³/mol. The van der Waals surface area contributed by atoms with E-state index >= 15 is 0 Å². The number of benzene rings is 2. The van der Waals surface area contributed by atoms with E-state index in [0.29, 0.717) is 19.4 Å². The predicted octanol–water partition coefficient (Wildman–Crippen LogP) is 4.85. The average Bonchev–Trinajstić information content (AvgIpc) is 2.75. The number of rotatable bonds is 1. The molecule has 0 aliphatic carbocycles. The second kappa shape index (κ2) is 6.78. The van der Waals surface area contributed by atoms with Gasteiger partial charge >= 0.3 is 12.1 Å². The van der Waals surface area contributed by atoms with Crippen molar-refractivity contribution < 1.29 is 18.0 Å². The SMILES string of the molecule is Cc1ccc2c(c1)[C@@H]1C[C@@H](NC(=O)C(F)(F)F)CCN1c1ccccc1S2. The molecule has 0 unspecified atom stereocenters. The Kier molecular flexibility index (Phi) is 4.58. The number of fused-ring (bicyclic) bond motifs is 5. The first-order valence-electron chi connectivity index (χ1n) is 8.84. The van der Waals surface area contributed by atoms with Crippen molar-refractivity contribution in [2.45, 2.75) is 47.8 Å². The number of halogens is 3. The molecule has 0 spiro atoms. The minimum absolute atomic E-state index is 0.0664. The normalized spacial score (nSPS) is 21.6. The van der Waals surface area contributed by atoms with Gasteiger partial charge in [0.2, 0.25) is 0 Å². The Hall–Kier alpha value is -2.15. The van der Waals surface area contributed by atoms with E-state index in [1.54, 1.807) is 11.8 Å². The number of hydrogen-bond acceptors (Lipinski definition) is 3. The molecule has 4 rings (SSSR count). The zero-order valence-corrected chi connectivity index (χ0v) is 15.5. The van der Waals surface area contributed by atoms with Gasteiger partial charge in [0.05, 0.1) is 11.7 Å². The molecule has 1 saturated heterocycles. The number of para-hydroxylation sites is 1. The molecule has 1 fully saturated rings. The van der Waals surface area contributed by atoms with Crippen molar-refractivity contribution >= 4 is 23.4 Å². The lowest BCUT2D eigenvalue weighted by atomic mass is 9.90. The Balaban J connectivity index is 1.70. The summed E-state index contributed by atoms with van der Waals surface area (Å²) in [5.74, 6) is -1.85. The van der Waals surface area contributed by atoms with Crippen LogP contribution < -0.4 is 10.2 Å². The molecule has 1 amide bonds. The summed E-state index contributed by atoms with van der Waals surface area (Å²) in [5, 5.41) is 2.18. The van der Waals surface area contributed by atoms with Gasteiger partial charge in [-0.3, -0.25) is 4.79 Å². The summed E-state index contributed by atoms with van der Waals surface area (Å²) < 4.78 is 38.0. The molecule has 2 heterocycles. The monoisotopic (exact) mass is 392 g/mol. The highest BCUT2D eigenvalue weighted by atomic mass is 32.2. The Morgan fingerprint density at radius 3 is 2.74 bits per heavy atom. The average molecular weight is 392 g/mol. The Bertz CT molecular complexity index is 884. The maximum Gasteiger partial charge on any atom is 0.471 e. The van der Waals surface area contributed by atoms with E-state index < -0.39 is 18.1 Å². The number of anilines is 1. The summed E-state index contributed by atoms with van der Waals surface area (Å²) in [5.41, 5.74) is 3.32. The van der Waals surface area contributed by atoms with Crippen LogP contribution in [0.3, 0.4) is 0 Å². The Labute approximate surface area is 159 Å². The summed E-state index contributed by atoms with van der Waals surface area (Å²) in [4.78, 5) is 15.9. The molecule has 2 aromatic rings. The fraction of sp³-hybridized carbons (Fsp3) is 0.350. The fourth-order valence-electron chi connectivity index (χ4n) is 3.87. The molecule has 142 valence electrons. The minimum atomic E-state index is -4.85. The molecule has 0 bridgehead atoms. The first-order chi connectivity index (χ1) is 12.8. The van der Waals surface area contributed by atoms with Gasteiger partial charge in [-0.1, -0.05) is 41.6 Å². The Morgan fingerprint density at radius 2 is 1.96 bits per heavy atom. The third-order valence-corrected chi connectivity index (χ3v) is 6.27. The van der Waals surface area contributed by atoms with Gasteiger partial charge in [0.15, 0.2) is 0 Å². The van der Waals surface area contributed by atoms with Crippen LogP contribution in [0.2, 0.25) is 0 Å². The summed E-state index contributed by atoms with van der Waals surface area (Å²) in [7, 11) is 0. The largest absolute Gasteiger partial charge is 0.471 e. The number of carbonyl (C=O) groups excluding carboxylic acids is 1. The number of hydrogen-bond donors (Lipinski definition) is 1. The molecule has 2 aliphatic rings. The number of aryl methyl sites for hydroxylation is 1. The van der Waals surface area contributed by atoms with Gasteiger partial charge in [-0.05, 0) is 43.5 Å². The number of nitrogens with zero attached hydrogens (tertiary/aromatic N) is 1. The third-order valence-electron chi connectivity index (χ3n) is 5.11. The topological polar surface area (TPSA) is 32.3 Å². The highest BCUT2D eigenvalue weighted by Gasteiger charge is 2.42. The van der Waals surface area contributed by atoms with Crippen LogP contribution in [0.1, 0.15) is 30.0 Å². The lowest BCUT2D eigenvalue weighted by Gasteiger charge is -2.41. The molecule has 2 aromatic carbocycles. The first-order valence-corrected chi connectivity index (χ1v) is 9.66. The molecule has 1 N–H and O–H groups in total. The van der Waals surface area contributed by atoms with Crippen molar-refractivity contribution in [1.82, 2.24) is 5.32 Å². The zero-order valence-electron chi connectivity index (χ0n) is 14.7. The molecule has 3 nitrogen and oxygen atoms in total. The lowest BCUT2D eigenvalue weighted by molar-refractivity contribution is -0.174. The maximum atomic E-state index is 12.7. The molecule has 27 heavy (non-hydrogen) atoms. The van der Waals surface area contributed by atoms with Gasteiger partial charge in [-0.25, -0.2) is 0 Å². The number of piperidine rings is 1. The van der Waals surface area contributed by atoms with E-state index in [-0.39, 0.29) is 6.04 Å². The van der Waals surface area contributed by atoms with Crippen molar-refractivity contribution in [1.29, 1.82) is 0 Å². The summed E-state index contributed by atoms with van der Waals surface area (Å²) in [6.45, 7) is 2.61. The van der Waals surface area contributed by atoms with Gasteiger partial charge in [0.1, 0.15) is 0 Å². The molecule has 7 heteroatoms. The molecule has 2 atom stereocenters. The molecule has 0 radical (unpaired) electrons. The van der Waals surface area contributed by atoms with Crippen LogP contribution in [0.4, 0.5) is 18.9 Å². The van der Waals surface area contributed by atoms with Crippen LogP contribution in [-0.4, -0.2) is 24.7 Å². The molecular formula is C20H19F3N2OS. The highest BCUT2D eigenvalue weighted by Crippen LogP contribution is 2.48. The minimum Gasteiger partial charge on any atom is -0.363 e. The second-order valence-electron chi connectivity index (χ2n) is 7.01. The van der Waals surface area contributed by atoms with Crippen LogP contribution in [0, 0.1) is 6.92 Å². The van der Waals surface area contributed by atoms with Crippen LogP contribution in [0.25, 0.3) is 0 Å². The molecule has 0 saturated carbocycles. The van der Waals surface area contributed by atoms with Crippen LogP contribution >= 0.6 is 11.8 Å². The number of carbonyl (C=O) groups is 1. The van der Waals surface area contributed by atoms with E-state index in [2.05, 4.69) is 40.5 Å². The van der Waals surface area contributed by atoms with Gasteiger partial charge < -0.3 is 10.2 Å². The maximum absolute atomic E-state index is 12.7. The van der Waals surface area contributed by atoms with Gasteiger partial charge in [-0.15, -0.1) is 0 Å². The highest BCUT2D eigenvalue weighted by molar-refractivity contribution is 7.99. The second-order valence-corrected chi connectivity index (χ2v) is 8.10. The van der Waals surface area contributed by atoms with Crippen LogP contribution in [-0.2, 0) is 4.79 Å². The molecule has 2 aliphatic heterocycles. The van der Waals surface area contributed by atoms with Gasteiger partial charge in [0.25, 0.3) is 0 Å². The van der Waals surface area contributed by atoms with E-state index in [4.69, 9.17) is 0 Å². The number of nitrogens with one attached hydrogen (secondary N) is 1. The summed E-state index contributed by atoms with van der Waals surface area (Å²) in [6, 6.07) is 13.8. The third kappa shape index (κ3) is 3.52. The molecule has 0 aromatic heterocycles. The lowest BCUT2D eigenvalue weighted by Crippen LogP contribution is -2.49. The van der Waals surface area contributed by atoms with E-state index in [9.17, 15) is 18.0 Å². The smallest absolute Gasteiger partial charge is 0.363 e. The van der Waals surface area contributed by atoms with E-state index in [0.717, 1.165) is 26.6 Å².